The van der Waals surface area contributed by atoms with Gasteiger partial charge in [-0.3, -0.25) is 4.40 Å². The lowest BCUT2D eigenvalue weighted by molar-refractivity contribution is 0.0697. The van der Waals surface area contributed by atoms with Crippen LogP contribution in [0.3, 0.4) is 0 Å². The Balaban J connectivity index is 2.09. The Morgan fingerprint density at radius 2 is 1.89 bits per heavy atom. The zero-order chi connectivity index (χ0) is 13.4. The molecule has 0 aliphatic rings. The summed E-state index contributed by atoms with van der Waals surface area (Å²) < 4.78 is 1.78. The van der Waals surface area contributed by atoms with Crippen molar-refractivity contribution in [1.82, 2.24) is 9.38 Å². The minimum absolute atomic E-state index is 0.255. The first-order valence-electron chi connectivity index (χ1n) is 5.62. The molecule has 0 bridgehead atoms. The quantitative estimate of drug-likeness (QED) is 0.728. The number of carboxylic acid groups (broad SMARTS) is 1. The molecule has 0 radical (unpaired) electrons. The van der Waals surface area contributed by atoms with E-state index in [0.717, 1.165) is 16.9 Å². The second-order valence-corrected chi connectivity index (χ2v) is 4.47. The van der Waals surface area contributed by atoms with Crippen molar-refractivity contribution in [2.75, 3.05) is 0 Å². The number of aromatic carboxylic acids is 1. The second kappa shape index (κ2) is 4.40. The molecule has 2 aromatic heterocycles. The maximum absolute atomic E-state index is 10.8. The molecule has 3 aromatic rings. The molecule has 19 heavy (non-hydrogen) atoms. The van der Waals surface area contributed by atoms with Crippen LogP contribution in [0.1, 0.15) is 10.4 Å². The normalized spacial score (nSPS) is 10.8. The summed E-state index contributed by atoms with van der Waals surface area (Å²) in [7, 11) is 0. The van der Waals surface area contributed by atoms with Crippen LogP contribution in [0, 0.1) is 0 Å². The van der Waals surface area contributed by atoms with Gasteiger partial charge in [0.25, 0.3) is 0 Å². The molecule has 4 nitrogen and oxygen atoms in total. The number of halogens is 1. The van der Waals surface area contributed by atoms with Crippen molar-refractivity contribution >= 4 is 23.2 Å². The van der Waals surface area contributed by atoms with E-state index in [1.54, 1.807) is 34.7 Å². The summed E-state index contributed by atoms with van der Waals surface area (Å²) in [4.78, 5) is 15.2. The Kier molecular flexibility index (Phi) is 2.72. The topological polar surface area (TPSA) is 54.6 Å². The number of nitrogens with zero attached hydrogens (tertiary/aromatic N) is 2. The van der Waals surface area contributed by atoms with Gasteiger partial charge in [-0.05, 0) is 24.3 Å². The molecule has 3 rings (SSSR count). The average molecular weight is 273 g/mol. The highest BCUT2D eigenvalue weighted by Gasteiger charge is 2.07. The van der Waals surface area contributed by atoms with Crippen LogP contribution in [0.2, 0.25) is 5.15 Å². The summed E-state index contributed by atoms with van der Waals surface area (Å²) in [6.45, 7) is 0. The molecule has 94 valence electrons. The van der Waals surface area contributed by atoms with Gasteiger partial charge in [0.05, 0.1) is 11.3 Å². The lowest BCUT2D eigenvalue weighted by Crippen LogP contribution is -1.94. The van der Waals surface area contributed by atoms with Crippen LogP contribution in [-0.4, -0.2) is 20.5 Å². The highest BCUT2D eigenvalue weighted by Crippen LogP contribution is 2.22. The lowest BCUT2D eigenvalue weighted by atomic mass is 10.1. The number of pyridine rings is 1. The van der Waals surface area contributed by atoms with E-state index < -0.39 is 5.97 Å². The zero-order valence-corrected chi connectivity index (χ0v) is 10.5. The number of carboxylic acids is 1. The van der Waals surface area contributed by atoms with Gasteiger partial charge in [-0.2, -0.15) is 0 Å². The van der Waals surface area contributed by atoms with Crippen molar-refractivity contribution in [2.24, 2.45) is 0 Å². The maximum atomic E-state index is 10.8. The summed E-state index contributed by atoms with van der Waals surface area (Å²) in [5, 5.41) is 9.44. The van der Waals surface area contributed by atoms with Gasteiger partial charge >= 0.3 is 5.97 Å². The Morgan fingerprint density at radius 3 is 2.53 bits per heavy atom. The van der Waals surface area contributed by atoms with Crippen molar-refractivity contribution in [1.29, 1.82) is 0 Å². The van der Waals surface area contributed by atoms with Crippen molar-refractivity contribution in [3.8, 4) is 11.3 Å². The van der Waals surface area contributed by atoms with Gasteiger partial charge in [0.15, 0.2) is 0 Å². The van der Waals surface area contributed by atoms with Crippen LogP contribution >= 0.6 is 11.6 Å². The zero-order valence-electron chi connectivity index (χ0n) is 9.75. The van der Waals surface area contributed by atoms with E-state index in [1.165, 1.54) is 0 Å². The van der Waals surface area contributed by atoms with Gasteiger partial charge in [-0.15, -0.1) is 0 Å². The Bertz CT molecular complexity index is 763. The van der Waals surface area contributed by atoms with E-state index in [0.29, 0.717) is 5.15 Å². The predicted molar refractivity (Wildman–Crippen MR) is 72.6 cm³/mol. The molecular formula is C14H9ClN2O2. The minimum atomic E-state index is -0.940. The summed E-state index contributed by atoms with van der Waals surface area (Å²) >= 11 is 6.07. The van der Waals surface area contributed by atoms with Crippen LogP contribution in [-0.2, 0) is 0 Å². The van der Waals surface area contributed by atoms with E-state index in [-0.39, 0.29) is 5.56 Å². The van der Waals surface area contributed by atoms with E-state index in [2.05, 4.69) is 4.98 Å². The molecule has 1 N–H and O–H groups in total. The number of carbonyl (C=O) groups is 1. The van der Waals surface area contributed by atoms with E-state index in [9.17, 15) is 4.79 Å². The molecular weight excluding hydrogens is 264 g/mol. The summed E-state index contributed by atoms with van der Waals surface area (Å²) in [6, 6.07) is 12.1. The molecule has 0 atom stereocenters. The van der Waals surface area contributed by atoms with Crippen molar-refractivity contribution < 1.29 is 9.90 Å². The third-order valence-corrected chi connectivity index (χ3v) is 3.18. The first-order chi connectivity index (χ1) is 9.15. The van der Waals surface area contributed by atoms with Crippen LogP contribution < -0.4 is 0 Å². The van der Waals surface area contributed by atoms with E-state index in [1.807, 2.05) is 18.3 Å². The molecule has 5 heteroatoms. The number of benzene rings is 1. The first kappa shape index (κ1) is 11.7. The maximum Gasteiger partial charge on any atom is 0.335 e. The summed E-state index contributed by atoms with van der Waals surface area (Å²) in [5.74, 6) is -0.940. The van der Waals surface area contributed by atoms with E-state index >= 15 is 0 Å². The van der Waals surface area contributed by atoms with Crippen LogP contribution in [0.15, 0.2) is 48.7 Å². The van der Waals surface area contributed by atoms with Crippen molar-refractivity contribution in [3.63, 3.8) is 0 Å². The molecule has 0 saturated carbocycles. The number of hydrogen-bond acceptors (Lipinski definition) is 2. The highest BCUT2D eigenvalue weighted by molar-refractivity contribution is 6.29. The molecule has 0 spiro atoms. The molecule has 0 fully saturated rings. The second-order valence-electron chi connectivity index (χ2n) is 4.09. The van der Waals surface area contributed by atoms with Crippen molar-refractivity contribution in [2.45, 2.75) is 0 Å². The lowest BCUT2D eigenvalue weighted by Gasteiger charge is -1.97. The highest BCUT2D eigenvalue weighted by atomic mass is 35.5. The number of fused-ring (bicyclic) bond motifs is 1. The third kappa shape index (κ3) is 2.06. The van der Waals surface area contributed by atoms with Gasteiger partial charge in [0, 0.05) is 11.8 Å². The predicted octanol–water partition coefficient (Wildman–Crippen LogP) is 3.35. The number of rotatable bonds is 2. The first-order valence-corrected chi connectivity index (χ1v) is 6.00. The molecule has 0 aliphatic heterocycles. The Morgan fingerprint density at radius 1 is 1.16 bits per heavy atom. The van der Waals surface area contributed by atoms with Gasteiger partial charge < -0.3 is 5.11 Å². The largest absolute Gasteiger partial charge is 0.478 e. The Labute approximate surface area is 113 Å². The molecule has 0 aliphatic carbocycles. The number of imidazole rings is 1. The molecule has 0 saturated heterocycles. The average Bonchev–Trinajstić information content (AvgIpc) is 2.84. The minimum Gasteiger partial charge on any atom is -0.478 e. The Hall–Kier alpha value is -2.33. The fraction of sp³-hybridized carbons (Fsp3) is 0. The molecule has 0 unspecified atom stereocenters. The van der Waals surface area contributed by atoms with Gasteiger partial charge in [-0.25, -0.2) is 9.78 Å². The smallest absolute Gasteiger partial charge is 0.335 e. The standard InChI is InChI=1S/C14H9ClN2O2/c15-12-2-1-3-13-16-11(8-17(12)13)9-4-6-10(7-5-9)14(18)19/h1-8H,(H,18,19). The SMILES string of the molecule is O=C(O)c1ccc(-c2cn3c(Cl)cccc3n2)cc1. The van der Waals surface area contributed by atoms with E-state index in [4.69, 9.17) is 16.7 Å². The van der Waals surface area contributed by atoms with Crippen LogP contribution in [0.5, 0.6) is 0 Å². The third-order valence-electron chi connectivity index (χ3n) is 2.87. The fourth-order valence-electron chi connectivity index (χ4n) is 1.90. The van der Waals surface area contributed by atoms with Gasteiger partial charge in [0.2, 0.25) is 0 Å². The van der Waals surface area contributed by atoms with Crippen LogP contribution in [0.25, 0.3) is 16.9 Å². The summed E-state index contributed by atoms with van der Waals surface area (Å²) in [5.41, 5.74) is 2.62. The number of aromatic nitrogens is 2. The monoisotopic (exact) mass is 272 g/mol. The molecule has 2 heterocycles. The summed E-state index contributed by atoms with van der Waals surface area (Å²) in [6.07, 6.45) is 1.83. The number of hydrogen-bond donors (Lipinski definition) is 1. The van der Waals surface area contributed by atoms with Crippen LogP contribution in [0.4, 0.5) is 0 Å². The molecule has 1 aromatic carbocycles. The van der Waals surface area contributed by atoms with Gasteiger partial charge in [0.1, 0.15) is 10.8 Å². The fourth-order valence-corrected chi connectivity index (χ4v) is 2.11. The van der Waals surface area contributed by atoms with Crippen molar-refractivity contribution in [3.05, 3.63) is 59.4 Å². The van der Waals surface area contributed by atoms with Gasteiger partial charge in [-0.1, -0.05) is 29.8 Å². The molecule has 0 amide bonds.